The van der Waals surface area contributed by atoms with E-state index in [1.165, 1.54) is 18.2 Å². The van der Waals surface area contributed by atoms with Crippen molar-refractivity contribution in [2.24, 2.45) is 11.5 Å². The Kier molecular flexibility index (Phi) is 4.15. The van der Waals surface area contributed by atoms with Gasteiger partial charge in [0.2, 0.25) is 11.8 Å². The first-order chi connectivity index (χ1) is 13.4. The largest absolute Gasteiger partial charge is 0.366 e. The number of hydrogen-bond donors (Lipinski definition) is 3. The van der Waals surface area contributed by atoms with E-state index >= 15 is 0 Å². The van der Waals surface area contributed by atoms with E-state index in [2.05, 4.69) is 10.5 Å². The highest BCUT2D eigenvalue weighted by atomic mass is 16.5. The van der Waals surface area contributed by atoms with Crippen LogP contribution in [0.3, 0.4) is 0 Å². The molecule has 5 N–H and O–H groups in total. The number of rotatable bonds is 4. The van der Waals surface area contributed by atoms with Crippen LogP contribution < -0.4 is 16.8 Å². The fraction of sp³-hybridized carbons (Fsp3) is 0.100. The molecule has 8 heteroatoms. The van der Waals surface area contributed by atoms with Crippen molar-refractivity contribution < 1.29 is 18.9 Å². The van der Waals surface area contributed by atoms with E-state index in [4.69, 9.17) is 16.0 Å². The number of nitrogens with two attached hydrogens (primary N) is 2. The van der Waals surface area contributed by atoms with E-state index in [0.29, 0.717) is 12.2 Å². The highest BCUT2D eigenvalue weighted by molar-refractivity contribution is 6.07. The summed E-state index contributed by atoms with van der Waals surface area (Å²) < 4.78 is 5.44. The standard InChI is InChI=1S/C20H16N4O4/c21-18(25)11-7-12(19(22)26)9-13(8-11)23-20(27)16-15-6-5-10-3-1-2-4-14(10)17(15)28-24-16/h1-4,7-9H,5-6H2,(H2,21,25)(H2,22,26)(H,23,27). The molecule has 140 valence electrons. The number of amides is 3. The molecular weight excluding hydrogens is 360 g/mol. The lowest BCUT2D eigenvalue weighted by Gasteiger charge is -2.14. The van der Waals surface area contributed by atoms with Gasteiger partial charge in [-0.25, -0.2) is 0 Å². The number of benzene rings is 2. The molecule has 28 heavy (non-hydrogen) atoms. The van der Waals surface area contributed by atoms with Gasteiger partial charge in [0, 0.05) is 27.9 Å². The number of fused-ring (bicyclic) bond motifs is 3. The topological polar surface area (TPSA) is 141 Å². The minimum atomic E-state index is -0.742. The number of hydrogen-bond acceptors (Lipinski definition) is 5. The Labute approximate surface area is 159 Å². The van der Waals surface area contributed by atoms with Crippen LogP contribution in [0, 0.1) is 0 Å². The zero-order chi connectivity index (χ0) is 19.8. The molecule has 0 bridgehead atoms. The lowest BCUT2D eigenvalue weighted by atomic mass is 9.89. The maximum Gasteiger partial charge on any atom is 0.278 e. The molecule has 1 aromatic heterocycles. The predicted molar refractivity (Wildman–Crippen MR) is 101 cm³/mol. The van der Waals surface area contributed by atoms with Gasteiger partial charge in [0.15, 0.2) is 11.5 Å². The zero-order valence-corrected chi connectivity index (χ0v) is 14.7. The molecule has 0 aliphatic heterocycles. The van der Waals surface area contributed by atoms with Crippen molar-refractivity contribution in [2.45, 2.75) is 12.8 Å². The minimum absolute atomic E-state index is 0.0581. The molecule has 3 amide bonds. The van der Waals surface area contributed by atoms with Crippen molar-refractivity contribution >= 4 is 23.4 Å². The molecule has 0 radical (unpaired) electrons. The molecule has 0 saturated carbocycles. The number of aryl methyl sites for hydroxylation is 1. The van der Waals surface area contributed by atoms with E-state index in [0.717, 1.165) is 23.1 Å². The van der Waals surface area contributed by atoms with Crippen LogP contribution in [-0.2, 0) is 12.8 Å². The summed E-state index contributed by atoms with van der Waals surface area (Å²) in [6.07, 6.45) is 1.39. The number of nitrogens with one attached hydrogen (secondary N) is 1. The summed E-state index contributed by atoms with van der Waals surface area (Å²) in [6, 6.07) is 11.8. The van der Waals surface area contributed by atoms with E-state index in [9.17, 15) is 14.4 Å². The second kappa shape index (κ2) is 6.66. The molecule has 1 aliphatic carbocycles. The zero-order valence-electron chi connectivity index (χ0n) is 14.7. The number of primary amides is 2. The Morgan fingerprint density at radius 1 is 0.964 bits per heavy atom. The molecule has 8 nitrogen and oxygen atoms in total. The van der Waals surface area contributed by atoms with Gasteiger partial charge in [-0.15, -0.1) is 0 Å². The first-order valence-corrected chi connectivity index (χ1v) is 8.57. The first kappa shape index (κ1) is 17.5. The average molecular weight is 376 g/mol. The fourth-order valence-corrected chi connectivity index (χ4v) is 3.33. The quantitative estimate of drug-likeness (QED) is 0.637. The minimum Gasteiger partial charge on any atom is -0.366 e. The van der Waals surface area contributed by atoms with E-state index in [1.54, 1.807) is 0 Å². The van der Waals surface area contributed by atoms with Crippen LogP contribution in [0.15, 0.2) is 47.0 Å². The van der Waals surface area contributed by atoms with Gasteiger partial charge in [0.25, 0.3) is 5.91 Å². The molecule has 1 heterocycles. The van der Waals surface area contributed by atoms with Crippen LogP contribution in [0.1, 0.15) is 42.3 Å². The van der Waals surface area contributed by atoms with Crippen molar-refractivity contribution in [1.82, 2.24) is 5.16 Å². The normalized spacial score (nSPS) is 12.0. The lowest BCUT2D eigenvalue weighted by molar-refractivity contribution is 0.0991. The third-order valence-electron chi connectivity index (χ3n) is 4.67. The summed E-state index contributed by atoms with van der Waals surface area (Å²) in [5.74, 6) is -1.42. The maximum atomic E-state index is 12.8. The maximum absolute atomic E-state index is 12.8. The smallest absolute Gasteiger partial charge is 0.278 e. The number of anilines is 1. The van der Waals surface area contributed by atoms with Gasteiger partial charge in [0.05, 0.1) is 0 Å². The van der Waals surface area contributed by atoms with Gasteiger partial charge in [-0.05, 0) is 36.6 Å². The first-order valence-electron chi connectivity index (χ1n) is 8.57. The summed E-state index contributed by atoms with van der Waals surface area (Å²) in [7, 11) is 0. The van der Waals surface area contributed by atoms with E-state index < -0.39 is 17.7 Å². The molecule has 0 spiro atoms. The molecule has 1 aliphatic rings. The molecule has 0 fully saturated rings. The Hall–Kier alpha value is -3.94. The monoisotopic (exact) mass is 376 g/mol. The highest BCUT2D eigenvalue weighted by Crippen LogP contribution is 2.35. The van der Waals surface area contributed by atoms with Crippen molar-refractivity contribution in [3.8, 4) is 11.3 Å². The van der Waals surface area contributed by atoms with Gasteiger partial charge < -0.3 is 21.3 Å². The van der Waals surface area contributed by atoms with Crippen LogP contribution in [0.4, 0.5) is 5.69 Å². The Morgan fingerprint density at radius 2 is 1.64 bits per heavy atom. The summed E-state index contributed by atoms with van der Waals surface area (Å²) in [6.45, 7) is 0. The number of nitrogens with zero attached hydrogens (tertiary/aromatic N) is 1. The van der Waals surface area contributed by atoms with Crippen molar-refractivity contribution in [2.75, 3.05) is 5.32 Å². The Balaban J connectivity index is 1.67. The third kappa shape index (κ3) is 3.01. The number of carbonyl (C=O) groups is 3. The number of aromatic nitrogens is 1. The fourth-order valence-electron chi connectivity index (χ4n) is 3.33. The summed E-state index contributed by atoms with van der Waals surface area (Å²) >= 11 is 0. The molecule has 3 aromatic rings. The van der Waals surface area contributed by atoms with Crippen LogP contribution in [-0.4, -0.2) is 22.9 Å². The molecule has 0 saturated heterocycles. The van der Waals surface area contributed by atoms with E-state index in [1.807, 2.05) is 24.3 Å². The van der Waals surface area contributed by atoms with E-state index in [-0.39, 0.29) is 22.5 Å². The average Bonchev–Trinajstić information content (AvgIpc) is 3.12. The highest BCUT2D eigenvalue weighted by Gasteiger charge is 2.27. The third-order valence-corrected chi connectivity index (χ3v) is 4.67. The van der Waals surface area contributed by atoms with Gasteiger partial charge in [-0.2, -0.15) is 0 Å². The Bertz CT molecular complexity index is 1100. The number of carbonyl (C=O) groups excluding carboxylic acids is 3. The second-order valence-corrected chi connectivity index (χ2v) is 6.48. The molecule has 0 unspecified atom stereocenters. The summed E-state index contributed by atoms with van der Waals surface area (Å²) in [5.41, 5.74) is 13.8. The van der Waals surface area contributed by atoms with Crippen molar-refractivity contribution in [3.63, 3.8) is 0 Å². The van der Waals surface area contributed by atoms with Gasteiger partial charge in [0.1, 0.15) is 0 Å². The van der Waals surface area contributed by atoms with Gasteiger partial charge in [-0.3, -0.25) is 14.4 Å². The second-order valence-electron chi connectivity index (χ2n) is 6.48. The SMILES string of the molecule is NC(=O)c1cc(NC(=O)c2noc3c2CCc2ccccc2-3)cc(C(N)=O)c1. The lowest BCUT2D eigenvalue weighted by Crippen LogP contribution is -2.19. The van der Waals surface area contributed by atoms with Crippen molar-refractivity contribution in [1.29, 1.82) is 0 Å². The van der Waals surface area contributed by atoms with Crippen molar-refractivity contribution in [3.05, 3.63) is 70.4 Å². The van der Waals surface area contributed by atoms with Crippen LogP contribution in [0.5, 0.6) is 0 Å². The summed E-state index contributed by atoms with van der Waals surface area (Å²) in [4.78, 5) is 35.7. The molecular formula is C20H16N4O4. The Morgan fingerprint density at radius 3 is 2.32 bits per heavy atom. The molecule has 4 rings (SSSR count). The molecule has 0 atom stereocenters. The molecule has 2 aromatic carbocycles. The van der Waals surface area contributed by atoms with Gasteiger partial charge >= 0.3 is 0 Å². The van der Waals surface area contributed by atoms with Crippen LogP contribution in [0.2, 0.25) is 0 Å². The predicted octanol–water partition coefficient (Wildman–Crippen LogP) is 1.89. The summed E-state index contributed by atoms with van der Waals surface area (Å²) in [5, 5.41) is 6.57. The van der Waals surface area contributed by atoms with Crippen LogP contribution in [0.25, 0.3) is 11.3 Å². The van der Waals surface area contributed by atoms with Crippen LogP contribution >= 0.6 is 0 Å². The van der Waals surface area contributed by atoms with Gasteiger partial charge in [-0.1, -0.05) is 29.4 Å².